The molecule has 11 aromatic rings. The minimum absolute atomic E-state index is 0.0153. The van der Waals surface area contributed by atoms with E-state index in [1.807, 2.05) is 6.07 Å². The topological polar surface area (TPSA) is 16.4 Å². The van der Waals surface area contributed by atoms with Gasteiger partial charge in [0.15, 0.2) is 0 Å². The number of benzene rings is 10. The smallest absolute Gasteiger partial charge is 0.143 e. The summed E-state index contributed by atoms with van der Waals surface area (Å²) in [6, 6.07) is 84.7. The molecule has 2 nitrogen and oxygen atoms in total. The van der Waals surface area contributed by atoms with Gasteiger partial charge in [-0.25, -0.2) is 0 Å². The average molecular weight is 834 g/mol. The van der Waals surface area contributed by atoms with Crippen molar-refractivity contribution in [3.05, 3.63) is 258 Å². The van der Waals surface area contributed by atoms with Crippen LogP contribution in [-0.2, 0) is 10.8 Å². The van der Waals surface area contributed by atoms with E-state index < -0.39 is 5.41 Å². The molecule has 1 aromatic heterocycles. The maximum Gasteiger partial charge on any atom is 0.143 e. The fourth-order valence-electron chi connectivity index (χ4n) is 10.7. The second kappa shape index (κ2) is 15.1. The van der Waals surface area contributed by atoms with Gasteiger partial charge in [0.25, 0.3) is 0 Å². The second-order valence-electron chi connectivity index (χ2n) is 18.4. The van der Waals surface area contributed by atoms with E-state index >= 15 is 0 Å². The lowest BCUT2D eigenvalue weighted by molar-refractivity contribution is 0.590. The van der Waals surface area contributed by atoms with E-state index in [-0.39, 0.29) is 5.41 Å². The average Bonchev–Trinajstić information content (AvgIpc) is 3.88. The van der Waals surface area contributed by atoms with Crippen LogP contribution in [0.15, 0.2) is 235 Å². The first-order valence-corrected chi connectivity index (χ1v) is 22.7. The Kier molecular flexibility index (Phi) is 9.00. The summed E-state index contributed by atoms with van der Waals surface area (Å²) in [4.78, 5) is 2.48. The molecule has 12 rings (SSSR count). The van der Waals surface area contributed by atoms with Crippen LogP contribution in [0.25, 0.3) is 66.1 Å². The van der Waals surface area contributed by atoms with Gasteiger partial charge in [0, 0.05) is 33.3 Å². The van der Waals surface area contributed by atoms with E-state index in [1.165, 1.54) is 55.3 Å². The van der Waals surface area contributed by atoms with E-state index in [1.54, 1.807) is 0 Å². The molecule has 0 N–H and O–H groups in total. The molecule has 0 saturated carbocycles. The van der Waals surface area contributed by atoms with E-state index in [9.17, 15) is 0 Å². The Labute approximate surface area is 380 Å². The Balaban J connectivity index is 1.08. The Morgan fingerprint density at radius 2 is 1.00 bits per heavy atom. The maximum atomic E-state index is 6.50. The first-order valence-electron chi connectivity index (χ1n) is 22.7. The van der Waals surface area contributed by atoms with Crippen LogP contribution in [0, 0.1) is 0 Å². The van der Waals surface area contributed by atoms with Gasteiger partial charge in [-0.3, -0.25) is 0 Å². The van der Waals surface area contributed by atoms with Gasteiger partial charge >= 0.3 is 0 Å². The third-order valence-electron chi connectivity index (χ3n) is 13.7. The Morgan fingerprint density at radius 1 is 0.415 bits per heavy atom. The largest absolute Gasteiger partial charge is 0.455 e. The zero-order valence-electron chi connectivity index (χ0n) is 36.8. The molecule has 0 atom stereocenters. The predicted octanol–water partition coefficient (Wildman–Crippen LogP) is 17.2. The van der Waals surface area contributed by atoms with Gasteiger partial charge in [-0.2, -0.15) is 0 Å². The molecule has 1 heterocycles. The number of furan rings is 1. The van der Waals surface area contributed by atoms with Gasteiger partial charge < -0.3 is 9.32 Å². The number of nitrogens with zero attached hydrogens (tertiary/aromatic N) is 1. The molecule has 0 radical (unpaired) electrons. The monoisotopic (exact) mass is 833 g/mol. The predicted molar refractivity (Wildman–Crippen MR) is 273 cm³/mol. The molecule has 0 saturated heterocycles. The van der Waals surface area contributed by atoms with Crippen LogP contribution in [-0.4, -0.2) is 0 Å². The molecule has 0 fully saturated rings. The van der Waals surface area contributed by atoms with Crippen molar-refractivity contribution in [2.24, 2.45) is 0 Å². The van der Waals surface area contributed by atoms with Crippen LogP contribution in [0.1, 0.15) is 48.6 Å². The molecule has 310 valence electrons. The SMILES string of the molecule is CC(C)(C)c1ccc(N(c2ccc3c(c2)-c2ccccc2C3(c2ccccc2)c2ccccc2)c2ccc3ccccc3c2-c2ccc(-c3cccc4c3oc3ccccc34)cc2)cc1. The van der Waals surface area contributed by atoms with Crippen molar-refractivity contribution in [3.63, 3.8) is 0 Å². The number of fused-ring (bicyclic) bond motifs is 7. The molecule has 0 bridgehead atoms. The molecule has 0 aliphatic heterocycles. The summed E-state index contributed by atoms with van der Waals surface area (Å²) >= 11 is 0. The first-order chi connectivity index (χ1) is 31.9. The second-order valence-corrected chi connectivity index (χ2v) is 18.4. The third kappa shape index (κ3) is 6.16. The lowest BCUT2D eigenvalue weighted by atomic mass is 9.68. The van der Waals surface area contributed by atoms with Crippen LogP contribution < -0.4 is 4.90 Å². The van der Waals surface area contributed by atoms with Gasteiger partial charge in [-0.15, -0.1) is 0 Å². The fourth-order valence-corrected chi connectivity index (χ4v) is 10.7. The van der Waals surface area contributed by atoms with Crippen molar-refractivity contribution in [3.8, 4) is 33.4 Å². The summed E-state index contributed by atoms with van der Waals surface area (Å²) in [5, 5.41) is 4.67. The lowest BCUT2D eigenvalue weighted by Gasteiger charge is -2.34. The Hall–Kier alpha value is -7.94. The van der Waals surface area contributed by atoms with Crippen molar-refractivity contribution >= 4 is 49.8 Å². The van der Waals surface area contributed by atoms with Crippen molar-refractivity contribution in [2.45, 2.75) is 31.6 Å². The summed E-state index contributed by atoms with van der Waals surface area (Å²) in [6.07, 6.45) is 0. The summed E-state index contributed by atoms with van der Waals surface area (Å²) < 4.78 is 6.50. The highest BCUT2D eigenvalue weighted by Gasteiger charge is 2.46. The number of hydrogen-bond acceptors (Lipinski definition) is 2. The van der Waals surface area contributed by atoms with Crippen LogP contribution in [0.3, 0.4) is 0 Å². The number of para-hydroxylation sites is 2. The van der Waals surface area contributed by atoms with Crippen LogP contribution >= 0.6 is 0 Å². The van der Waals surface area contributed by atoms with Crippen LogP contribution in [0.4, 0.5) is 17.1 Å². The molecule has 0 amide bonds. The minimum Gasteiger partial charge on any atom is -0.455 e. The van der Waals surface area contributed by atoms with E-state index in [4.69, 9.17) is 4.42 Å². The molecule has 10 aromatic carbocycles. The van der Waals surface area contributed by atoms with Crippen molar-refractivity contribution in [1.82, 2.24) is 0 Å². The van der Waals surface area contributed by atoms with Gasteiger partial charge in [-0.05, 0) is 103 Å². The minimum atomic E-state index is -0.477. The Morgan fingerprint density at radius 3 is 1.74 bits per heavy atom. The summed E-state index contributed by atoms with van der Waals surface area (Å²) in [7, 11) is 0. The van der Waals surface area contributed by atoms with Crippen LogP contribution in [0.5, 0.6) is 0 Å². The zero-order valence-corrected chi connectivity index (χ0v) is 36.8. The van der Waals surface area contributed by atoms with Crippen LogP contribution in [0.2, 0.25) is 0 Å². The molecule has 0 spiro atoms. The van der Waals surface area contributed by atoms with Crippen molar-refractivity contribution in [2.75, 3.05) is 4.90 Å². The first kappa shape index (κ1) is 38.7. The molecular weight excluding hydrogens is 787 g/mol. The summed E-state index contributed by atoms with van der Waals surface area (Å²) in [6.45, 7) is 6.84. The van der Waals surface area contributed by atoms with E-state index in [2.05, 4.69) is 250 Å². The van der Waals surface area contributed by atoms with Crippen molar-refractivity contribution in [1.29, 1.82) is 0 Å². The molecule has 0 unspecified atom stereocenters. The quantitative estimate of drug-likeness (QED) is 0.159. The summed E-state index contributed by atoms with van der Waals surface area (Å²) in [5.74, 6) is 0. The Bertz CT molecular complexity index is 3520. The highest BCUT2D eigenvalue weighted by Crippen LogP contribution is 2.57. The van der Waals surface area contributed by atoms with Gasteiger partial charge in [-0.1, -0.05) is 215 Å². The van der Waals surface area contributed by atoms with E-state index in [0.29, 0.717) is 0 Å². The maximum absolute atomic E-state index is 6.50. The normalized spacial score (nSPS) is 13.0. The van der Waals surface area contributed by atoms with Gasteiger partial charge in [0.1, 0.15) is 11.2 Å². The zero-order chi connectivity index (χ0) is 43.7. The molecular formula is C63H47NO. The molecule has 2 heteroatoms. The van der Waals surface area contributed by atoms with E-state index in [0.717, 1.165) is 55.7 Å². The van der Waals surface area contributed by atoms with Gasteiger partial charge in [0.2, 0.25) is 0 Å². The molecule has 65 heavy (non-hydrogen) atoms. The number of anilines is 3. The van der Waals surface area contributed by atoms with Gasteiger partial charge in [0.05, 0.1) is 11.1 Å². The highest BCUT2D eigenvalue weighted by molar-refractivity contribution is 6.10. The summed E-state index contributed by atoms with van der Waals surface area (Å²) in [5.41, 5.74) is 18.1. The molecule has 1 aliphatic carbocycles. The fraction of sp³-hybridized carbons (Fsp3) is 0.0794. The highest BCUT2D eigenvalue weighted by atomic mass is 16.3. The standard InChI is InChI=1S/C63H47NO/c1-62(2,3)45-34-36-48(37-35-45)64(49-38-39-57-55(41-49)52-23-12-14-27-56(52)63(57,46-18-6-4-7-19-46)47-20-8-5-9-21-47)58-40-33-42-17-10-11-22-50(42)60(58)44-31-29-43(30-32-44)51-25-16-26-54-53-24-13-15-28-59(53)65-61(51)54/h4-41H,1-3H3. The number of rotatable bonds is 7. The lowest BCUT2D eigenvalue weighted by Crippen LogP contribution is -2.28. The number of hydrogen-bond donors (Lipinski definition) is 0. The molecule has 1 aliphatic rings. The van der Waals surface area contributed by atoms with Crippen molar-refractivity contribution < 1.29 is 4.42 Å². The third-order valence-corrected chi connectivity index (χ3v) is 13.7.